The lowest BCUT2D eigenvalue weighted by atomic mass is 9.89. The maximum absolute atomic E-state index is 5.55. The van der Waals surface area contributed by atoms with E-state index in [9.17, 15) is 0 Å². The Labute approximate surface area is 171 Å². The first kappa shape index (κ1) is 23.0. The van der Waals surface area contributed by atoms with Crippen LogP contribution in [0.15, 0.2) is 4.99 Å². The molecule has 1 aliphatic carbocycles. The number of nitrogens with one attached hydrogen (secondary N) is 2. The van der Waals surface area contributed by atoms with Crippen molar-refractivity contribution in [2.45, 2.75) is 63.8 Å². The Kier molecular flexibility index (Phi) is 11.3. The molecule has 2 fully saturated rings. The van der Waals surface area contributed by atoms with Crippen molar-refractivity contribution in [1.82, 2.24) is 15.5 Å². The average molecular weight is 466 g/mol. The monoisotopic (exact) mass is 466 g/mol. The predicted molar refractivity (Wildman–Crippen MR) is 117 cm³/mol. The van der Waals surface area contributed by atoms with Crippen molar-refractivity contribution < 1.29 is 4.74 Å². The highest BCUT2D eigenvalue weighted by Crippen LogP contribution is 2.28. The van der Waals surface area contributed by atoms with Crippen molar-refractivity contribution in [1.29, 1.82) is 0 Å². The van der Waals surface area contributed by atoms with Crippen LogP contribution in [0.1, 0.15) is 58.3 Å². The van der Waals surface area contributed by atoms with E-state index in [4.69, 9.17) is 9.73 Å². The van der Waals surface area contributed by atoms with E-state index in [0.29, 0.717) is 0 Å². The zero-order valence-corrected chi connectivity index (χ0v) is 18.8. The Bertz CT molecular complexity index is 378. The van der Waals surface area contributed by atoms with Gasteiger partial charge in [-0.1, -0.05) is 25.7 Å². The summed E-state index contributed by atoms with van der Waals surface area (Å²) >= 11 is 0. The topological polar surface area (TPSA) is 48.9 Å². The highest BCUT2D eigenvalue weighted by molar-refractivity contribution is 14.0. The van der Waals surface area contributed by atoms with Gasteiger partial charge in [-0.15, -0.1) is 24.0 Å². The third-order valence-electron chi connectivity index (χ3n) is 5.80. The van der Waals surface area contributed by atoms with Crippen LogP contribution in [0.5, 0.6) is 0 Å². The second-order valence-electron chi connectivity index (χ2n) is 7.65. The van der Waals surface area contributed by atoms with Crippen molar-refractivity contribution in [3.8, 4) is 0 Å². The third-order valence-corrected chi connectivity index (χ3v) is 5.80. The summed E-state index contributed by atoms with van der Waals surface area (Å²) in [5.74, 6) is 1.95. The van der Waals surface area contributed by atoms with Crippen LogP contribution in [0.4, 0.5) is 0 Å². The summed E-state index contributed by atoms with van der Waals surface area (Å²) in [6.45, 7) is 6.60. The lowest BCUT2D eigenvalue weighted by molar-refractivity contribution is -0.00254. The molecular weight excluding hydrogens is 427 g/mol. The fourth-order valence-corrected chi connectivity index (χ4v) is 3.96. The smallest absolute Gasteiger partial charge is 0.191 e. The van der Waals surface area contributed by atoms with Crippen LogP contribution < -0.4 is 10.6 Å². The molecule has 0 aromatic rings. The van der Waals surface area contributed by atoms with Crippen molar-refractivity contribution >= 4 is 29.9 Å². The van der Waals surface area contributed by atoms with Gasteiger partial charge in [-0.3, -0.25) is 4.99 Å². The molecule has 5 nitrogen and oxygen atoms in total. The molecule has 25 heavy (non-hydrogen) atoms. The van der Waals surface area contributed by atoms with E-state index in [2.05, 4.69) is 36.6 Å². The quantitative estimate of drug-likeness (QED) is 0.250. The van der Waals surface area contributed by atoms with Crippen LogP contribution in [0, 0.1) is 5.92 Å². The molecule has 0 amide bonds. The number of hydrogen-bond acceptors (Lipinski definition) is 3. The molecule has 1 aliphatic heterocycles. The first-order chi connectivity index (χ1) is 11.7. The minimum absolute atomic E-state index is 0. The van der Waals surface area contributed by atoms with Crippen LogP contribution in [-0.4, -0.2) is 63.3 Å². The molecular formula is C19H39IN4O. The van der Waals surface area contributed by atoms with Crippen LogP contribution in [0.2, 0.25) is 0 Å². The lowest BCUT2D eigenvalue weighted by Crippen LogP contribution is -2.51. The van der Waals surface area contributed by atoms with Gasteiger partial charge in [0.15, 0.2) is 5.96 Å². The van der Waals surface area contributed by atoms with E-state index in [0.717, 1.165) is 57.6 Å². The van der Waals surface area contributed by atoms with Crippen LogP contribution >= 0.6 is 24.0 Å². The molecule has 1 heterocycles. The van der Waals surface area contributed by atoms with Crippen molar-refractivity contribution in [2.24, 2.45) is 10.9 Å². The van der Waals surface area contributed by atoms with Gasteiger partial charge in [0, 0.05) is 31.8 Å². The zero-order chi connectivity index (χ0) is 17.3. The highest BCUT2D eigenvalue weighted by atomic mass is 127. The van der Waals surface area contributed by atoms with Gasteiger partial charge in [-0.2, -0.15) is 0 Å². The molecule has 2 aliphatic rings. The van der Waals surface area contributed by atoms with E-state index >= 15 is 0 Å². The van der Waals surface area contributed by atoms with Gasteiger partial charge in [-0.05, 0) is 52.6 Å². The molecule has 0 bridgehead atoms. The Hall–Kier alpha value is -0.0800. The molecule has 0 aromatic carbocycles. The Morgan fingerprint density at radius 3 is 2.44 bits per heavy atom. The minimum atomic E-state index is 0. The van der Waals surface area contributed by atoms with Crippen LogP contribution in [0.3, 0.4) is 0 Å². The number of halogens is 1. The van der Waals surface area contributed by atoms with E-state index in [1.807, 2.05) is 0 Å². The Morgan fingerprint density at radius 1 is 1.16 bits per heavy atom. The molecule has 0 aromatic heterocycles. The number of rotatable bonds is 8. The summed E-state index contributed by atoms with van der Waals surface area (Å²) in [6.07, 6.45) is 10.5. The molecule has 0 radical (unpaired) electrons. The molecule has 0 atom stereocenters. The number of hydrogen-bond donors (Lipinski definition) is 2. The van der Waals surface area contributed by atoms with E-state index in [1.165, 1.54) is 38.5 Å². The van der Waals surface area contributed by atoms with Gasteiger partial charge in [-0.25, -0.2) is 0 Å². The SMILES string of the molecule is CCNC(=NCC1(N(C)C)CCOCC1)NCCCC1CCCC1.I. The fourth-order valence-electron chi connectivity index (χ4n) is 3.96. The van der Waals surface area contributed by atoms with Crippen LogP contribution in [0.25, 0.3) is 0 Å². The molecule has 0 spiro atoms. The van der Waals surface area contributed by atoms with Gasteiger partial charge >= 0.3 is 0 Å². The van der Waals surface area contributed by atoms with Crippen LogP contribution in [-0.2, 0) is 4.74 Å². The first-order valence-electron chi connectivity index (χ1n) is 9.93. The van der Waals surface area contributed by atoms with E-state index in [1.54, 1.807) is 0 Å². The molecule has 148 valence electrons. The number of likely N-dealkylation sites (N-methyl/N-ethyl adjacent to an activating group) is 1. The first-order valence-corrected chi connectivity index (χ1v) is 9.93. The fraction of sp³-hybridized carbons (Fsp3) is 0.947. The molecule has 6 heteroatoms. The zero-order valence-electron chi connectivity index (χ0n) is 16.5. The summed E-state index contributed by atoms with van der Waals surface area (Å²) in [6, 6.07) is 0. The van der Waals surface area contributed by atoms with Gasteiger partial charge in [0.05, 0.1) is 6.54 Å². The van der Waals surface area contributed by atoms with E-state index < -0.39 is 0 Å². The van der Waals surface area contributed by atoms with E-state index in [-0.39, 0.29) is 29.5 Å². The standard InChI is InChI=1S/C19H38N4O.HI/c1-4-20-18(21-13-7-10-17-8-5-6-9-17)22-16-19(23(2)3)11-14-24-15-12-19;/h17H,4-16H2,1-3H3,(H2,20,21,22);1H. The Morgan fingerprint density at radius 2 is 1.84 bits per heavy atom. The molecule has 2 N–H and O–H groups in total. The molecule has 0 unspecified atom stereocenters. The second-order valence-corrected chi connectivity index (χ2v) is 7.65. The number of ether oxygens (including phenoxy) is 1. The highest BCUT2D eigenvalue weighted by Gasteiger charge is 2.34. The Balaban J connectivity index is 0.00000312. The minimum Gasteiger partial charge on any atom is -0.381 e. The second kappa shape index (κ2) is 12.3. The summed E-state index contributed by atoms with van der Waals surface area (Å²) in [4.78, 5) is 7.23. The summed E-state index contributed by atoms with van der Waals surface area (Å²) in [5, 5.41) is 6.93. The summed E-state index contributed by atoms with van der Waals surface area (Å²) in [5.41, 5.74) is 0.143. The molecule has 2 rings (SSSR count). The van der Waals surface area contributed by atoms with Gasteiger partial charge in [0.25, 0.3) is 0 Å². The number of nitrogens with zero attached hydrogens (tertiary/aromatic N) is 2. The maximum atomic E-state index is 5.55. The normalized spacial score (nSPS) is 21.2. The van der Waals surface area contributed by atoms with Gasteiger partial charge in [0.2, 0.25) is 0 Å². The maximum Gasteiger partial charge on any atom is 0.191 e. The molecule has 1 saturated heterocycles. The lowest BCUT2D eigenvalue weighted by Gasteiger charge is -2.41. The summed E-state index contributed by atoms with van der Waals surface area (Å²) in [7, 11) is 4.34. The van der Waals surface area contributed by atoms with Gasteiger partial charge in [0.1, 0.15) is 0 Å². The van der Waals surface area contributed by atoms with Crippen molar-refractivity contribution in [3.63, 3.8) is 0 Å². The largest absolute Gasteiger partial charge is 0.381 e. The van der Waals surface area contributed by atoms with Crippen molar-refractivity contribution in [3.05, 3.63) is 0 Å². The predicted octanol–water partition coefficient (Wildman–Crippen LogP) is 3.24. The number of guanidine groups is 1. The van der Waals surface area contributed by atoms with Gasteiger partial charge < -0.3 is 20.3 Å². The van der Waals surface area contributed by atoms with Crippen molar-refractivity contribution in [2.75, 3.05) is 46.9 Å². The molecule has 1 saturated carbocycles. The average Bonchev–Trinajstić information content (AvgIpc) is 3.10. The summed E-state index contributed by atoms with van der Waals surface area (Å²) < 4.78 is 5.55. The number of aliphatic imine (C=N–C) groups is 1. The third kappa shape index (κ3) is 7.59.